The van der Waals surface area contributed by atoms with Gasteiger partial charge in [-0.25, -0.2) is 13.2 Å². The molecule has 0 spiro atoms. The number of hydrogen-bond donors (Lipinski definition) is 0. The lowest BCUT2D eigenvalue weighted by molar-refractivity contribution is 0.0573. The van der Waals surface area contributed by atoms with E-state index in [1.54, 1.807) is 30.0 Å². The van der Waals surface area contributed by atoms with Crippen LogP contribution in [-0.2, 0) is 14.8 Å². The number of nitrogens with zero attached hydrogens (tertiary/aromatic N) is 3. The Morgan fingerprint density at radius 3 is 2.36 bits per heavy atom. The molecule has 178 valence electrons. The fourth-order valence-electron chi connectivity index (χ4n) is 4.77. The number of piperidine rings is 2. The van der Waals surface area contributed by atoms with Gasteiger partial charge in [0, 0.05) is 44.0 Å². The van der Waals surface area contributed by atoms with Gasteiger partial charge in [0.1, 0.15) is 5.69 Å². The number of methoxy groups -OCH3 is 1. The molecule has 2 saturated heterocycles. The summed E-state index contributed by atoms with van der Waals surface area (Å²) in [5, 5.41) is 0. The van der Waals surface area contributed by atoms with Crippen molar-refractivity contribution < 1.29 is 22.7 Å². The molecule has 0 saturated carbocycles. The van der Waals surface area contributed by atoms with Crippen molar-refractivity contribution in [2.75, 3.05) is 33.3 Å². The zero-order valence-corrected chi connectivity index (χ0v) is 20.0. The quantitative estimate of drug-likeness (QED) is 0.622. The van der Waals surface area contributed by atoms with E-state index >= 15 is 0 Å². The molecule has 0 radical (unpaired) electrons. The van der Waals surface area contributed by atoms with Crippen LogP contribution in [-0.4, -0.2) is 67.4 Å². The lowest BCUT2D eigenvalue weighted by atomic mass is 10.0. The molecule has 0 atom stereocenters. The van der Waals surface area contributed by atoms with Gasteiger partial charge in [-0.1, -0.05) is 12.5 Å². The number of rotatable bonds is 5. The van der Waals surface area contributed by atoms with Crippen LogP contribution in [0.5, 0.6) is 0 Å². The van der Waals surface area contributed by atoms with Crippen LogP contribution in [0.4, 0.5) is 0 Å². The average Bonchev–Trinajstić information content (AvgIpc) is 3.34. The Labute approximate surface area is 195 Å². The summed E-state index contributed by atoms with van der Waals surface area (Å²) in [6, 6.07) is 8.63. The van der Waals surface area contributed by atoms with E-state index in [-0.39, 0.29) is 22.8 Å². The molecule has 0 N–H and O–H groups in total. The normalized spacial score (nSPS) is 18.3. The van der Waals surface area contributed by atoms with Gasteiger partial charge in [0.25, 0.3) is 5.91 Å². The molecule has 9 heteroatoms. The first-order chi connectivity index (χ1) is 15.8. The van der Waals surface area contributed by atoms with Crippen molar-refractivity contribution in [3.05, 3.63) is 53.3 Å². The van der Waals surface area contributed by atoms with Gasteiger partial charge in [-0.05, 0) is 62.4 Å². The Bertz CT molecular complexity index is 1130. The monoisotopic (exact) mass is 473 g/mol. The van der Waals surface area contributed by atoms with Gasteiger partial charge in [-0.2, -0.15) is 4.31 Å². The van der Waals surface area contributed by atoms with E-state index in [1.165, 1.54) is 17.5 Å². The van der Waals surface area contributed by atoms with E-state index in [9.17, 15) is 18.0 Å². The van der Waals surface area contributed by atoms with Gasteiger partial charge in [0.15, 0.2) is 0 Å². The van der Waals surface area contributed by atoms with Crippen LogP contribution >= 0.6 is 0 Å². The van der Waals surface area contributed by atoms with Crippen LogP contribution in [0.25, 0.3) is 0 Å². The number of aryl methyl sites for hydroxylation is 1. The standard InChI is InChI=1S/C24H31N3O5S/c1-18-8-9-19(17-22(18)33(30,31)26-12-4-3-5-13-26)23(28)25-15-10-20(11-16-25)27-14-6-7-21(27)24(29)32-2/h6-9,14,17,20H,3-5,10-13,15-16H2,1-2H3. The van der Waals surface area contributed by atoms with E-state index in [2.05, 4.69) is 0 Å². The fraction of sp³-hybridized carbons (Fsp3) is 0.500. The zero-order chi connectivity index (χ0) is 23.6. The highest BCUT2D eigenvalue weighted by Gasteiger charge is 2.30. The molecule has 1 aromatic heterocycles. The number of sulfonamides is 1. The first kappa shape index (κ1) is 23.5. The predicted molar refractivity (Wildman–Crippen MR) is 124 cm³/mol. The van der Waals surface area contributed by atoms with Crippen LogP contribution in [0, 0.1) is 6.92 Å². The maximum atomic E-state index is 13.2. The van der Waals surface area contributed by atoms with Crippen molar-refractivity contribution in [3.8, 4) is 0 Å². The van der Waals surface area contributed by atoms with Crippen molar-refractivity contribution in [3.63, 3.8) is 0 Å². The molecular formula is C24H31N3O5S. The highest BCUT2D eigenvalue weighted by molar-refractivity contribution is 7.89. The van der Waals surface area contributed by atoms with Gasteiger partial charge in [0.2, 0.25) is 10.0 Å². The third kappa shape index (κ3) is 4.70. The Kier molecular flexibility index (Phi) is 6.90. The molecule has 1 amide bonds. The largest absolute Gasteiger partial charge is 0.464 e. The summed E-state index contributed by atoms with van der Waals surface area (Å²) in [6.07, 6.45) is 6.05. The number of likely N-dealkylation sites (tertiary alicyclic amines) is 1. The topological polar surface area (TPSA) is 88.9 Å². The number of benzene rings is 1. The molecule has 2 fully saturated rings. The second-order valence-electron chi connectivity index (χ2n) is 8.76. The maximum Gasteiger partial charge on any atom is 0.354 e. The van der Waals surface area contributed by atoms with Crippen LogP contribution in [0.2, 0.25) is 0 Å². The van der Waals surface area contributed by atoms with Crippen molar-refractivity contribution in [1.82, 2.24) is 13.8 Å². The Morgan fingerprint density at radius 1 is 1.00 bits per heavy atom. The molecule has 3 heterocycles. The zero-order valence-electron chi connectivity index (χ0n) is 19.2. The van der Waals surface area contributed by atoms with E-state index in [0.717, 1.165) is 19.3 Å². The first-order valence-electron chi connectivity index (χ1n) is 11.5. The molecule has 0 aliphatic carbocycles. The maximum absolute atomic E-state index is 13.2. The lowest BCUT2D eigenvalue weighted by Gasteiger charge is -2.33. The van der Waals surface area contributed by atoms with Crippen molar-refractivity contribution in [2.24, 2.45) is 0 Å². The molecule has 2 aliphatic rings. The third-order valence-corrected chi connectivity index (χ3v) is 8.73. The predicted octanol–water partition coefficient (Wildman–Crippen LogP) is 3.24. The first-order valence-corrected chi connectivity index (χ1v) is 12.9. The summed E-state index contributed by atoms with van der Waals surface area (Å²) < 4.78 is 34.7. The van der Waals surface area contributed by atoms with E-state index < -0.39 is 10.0 Å². The highest BCUT2D eigenvalue weighted by atomic mass is 32.2. The number of ether oxygens (including phenoxy) is 1. The van der Waals surface area contributed by atoms with Gasteiger partial charge in [-0.3, -0.25) is 4.79 Å². The number of aromatic nitrogens is 1. The summed E-state index contributed by atoms with van der Waals surface area (Å²) in [4.78, 5) is 27.2. The Hall–Kier alpha value is -2.65. The van der Waals surface area contributed by atoms with Gasteiger partial charge in [-0.15, -0.1) is 0 Å². The molecule has 4 rings (SSSR count). The molecule has 8 nitrogen and oxygen atoms in total. The summed E-state index contributed by atoms with van der Waals surface area (Å²) in [5.74, 6) is -0.537. The van der Waals surface area contributed by atoms with Crippen molar-refractivity contribution >= 4 is 21.9 Å². The Morgan fingerprint density at radius 2 is 1.70 bits per heavy atom. The molecule has 33 heavy (non-hydrogen) atoms. The minimum atomic E-state index is -3.62. The van der Waals surface area contributed by atoms with Crippen molar-refractivity contribution in [2.45, 2.75) is 50.0 Å². The van der Waals surface area contributed by atoms with E-state index in [1.807, 2.05) is 16.8 Å². The molecule has 2 aliphatic heterocycles. The smallest absolute Gasteiger partial charge is 0.354 e. The molecule has 0 bridgehead atoms. The molecular weight excluding hydrogens is 442 g/mol. The summed E-state index contributed by atoms with van der Waals surface area (Å²) in [7, 11) is -2.25. The minimum Gasteiger partial charge on any atom is -0.464 e. The molecule has 1 aromatic carbocycles. The van der Waals surface area contributed by atoms with Crippen LogP contribution < -0.4 is 0 Å². The minimum absolute atomic E-state index is 0.103. The number of amides is 1. The number of carbonyl (C=O) groups is 2. The second-order valence-corrected chi connectivity index (χ2v) is 10.7. The number of esters is 1. The fourth-order valence-corrected chi connectivity index (χ4v) is 6.54. The SMILES string of the molecule is COC(=O)c1cccn1C1CCN(C(=O)c2ccc(C)c(S(=O)(=O)N3CCCCC3)c2)CC1. The lowest BCUT2D eigenvalue weighted by Crippen LogP contribution is -2.39. The third-order valence-electron chi connectivity index (χ3n) is 6.69. The Balaban J connectivity index is 1.48. The summed E-state index contributed by atoms with van der Waals surface area (Å²) in [5.41, 5.74) is 1.55. The summed E-state index contributed by atoms with van der Waals surface area (Å²) in [6.45, 7) is 3.89. The van der Waals surface area contributed by atoms with Crippen LogP contribution in [0.3, 0.4) is 0 Å². The highest BCUT2D eigenvalue weighted by Crippen LogP contribution is 2.28. The van der Waals surface area contributed by atoms with Gasteiger partial charge < -0.3 is 14.2 Å². The number of hydrogen-bond acceptors (Lipinski definition) is 5. The van der Waals surface area contributed by atoms with Gasteiger partial charge in [0.05, 0.1) is 12.0 Å². The number of carbonyl (C=O) groups excluding carboxylic acids is 2. The van der Waals surface area contributed by atoms with E-state index in [0.29, 0.717) is 55.8 Å². The summed E-state index contributed by atoms with van der Waals surface area (Å²) >= 11 is 0. The molecule has 2 aromatic rings. The van der Waals surface area contributed by atoms with Crippen LogP contribution in [0.1, 0.15) is 64.6 Å². The van der Waals surface area contributed by atoms with E-state index in [4.69, 9.17) is 4.74 Å². The average molecular weight is 474 g/mol. The molecule has 0 unspecified atom stereocenters. The van der Waals surface area contributed by atoms with Crippen molar-refractivity contribution in [1.29, 1.82) is 0 Å². The second kappa shape index (κ2) is 9.69. The van der Waals surface area contributed by atoms with Gasteiger partial charge >= 0.3 is 5.97 Å². The van der Waals surface area contributed by atoms with Crippen LogP contribution in [0.15, 0.2) is 41.4 Å².